The van der Waals surface area contributed by atoms with Crippen LogP contribution in [0.25, 0.3) is 0 Å². The summed E-state index contributed by atoms with van der Waals surface area (Å²) in [5.41, 5.74) is 0.913. The molecule has 3 aromatic heterocycles. The van der Waals surface area contributed by atoms with Crippen molar-refractivity contribution < 1.29 is 9.21 Å². The number of furan rings is 1. The lowest BCUT2D eigenvalue weighted by atomic mass is 10.1. The number of thioether (sulfide) groups is 1. The number of hydrogen-bond acceptors (Lipinski definition) is 7. The maximum atomic E-state index is 13.0. The van der Waals surface area contributed by atoms with Crippen molar-refractivity contribution in [1.29, 1.82) is 0 Å². The summed E-state index contributed by atoms with van der Waals surface area (Å²) >= 11 is 3.00. The van der Waals surface area contributed by atoms with Gasteiger partial charge in [-0.1, -0.05) is 31.7 Å². The number of carbonyl (C=O) groups is 1. The van der Waals surface area contributed by atoms with Gasteiger partial charge < -0.3 is 8.98 Å². The Morgan fingerprint density at radius 2 is 2.21 bits per heavy atom. The first kappa shape index (κ1) is 18.9. The third-order valence-electron chi connectivity index (χ3n) is 4.55. The number of amides is 1. The summed E-state index contributed by atoms with van der Waals surface area (Å²) in [6.45, 7) is 4.14. The molecule has 0 spiro atoms. The Bertz CT molecular complexity index is 976. The summed E-state index contributed by atoms with van der Waals surface area (Å²) in [7, 11) is 1.93. The van der Waals surface area contributed by atoms with Crippen LogP contribution in [-0.2, 0) is 11.8 Å². The standard InChI is InChI=1S/C19H21N5O2S2/c1-12(2)18-20-21-19(23(18)3)28-11-17(25)24-14(15-6-4-8-26-15)10-13(22-24)16-7-5-9-27-16/h4-9,12,14H,10-11H2,1-3H3. The topological polar surface area (TPSA) is 76.5 Å². The molecule has 0 N–H and O–H groups in total. The summed E-state index contributed by atoms with van der Waals surface area (Å²) in [4.78, 5) is 14.1. The Morgan fingerprint density at radius 1 is 1.36 bits per heavy atom. The SMILES string of the molecule is CC(C)c1nnc(SCC(=O)N2N=C(c3cccs3)CC2c2ccco2)n1C. The van der Waals surface area contributed by atoms with Crippen LogP contribution in [0, 0.1) is 0 Å². The quantitative estimate of drug-likeness (QED) is 0.568. The van der Waals surface area contributed by atoms with Crippen molar-refractivity contribution in [1.82, 2.24) is 19.8 Å². The minimum absolute atomic E-state index is 0.0768. The predicted octanol–water partition coefficient (Wildman–Crippen LogP) is 4.06. The smallest absolute Gasteiger partial charge is 0.253 e. The number of carbonyl (C=O) groups excluding carboxylic acids is 1. The van der Waals surface area contributed by atoms with E-state index < -0.39 is 0 Å². The number of aromatic nitrogens is 3. The maximum Gasteiger partial charge on any atom is 0.253 e. The van der Waals surface area contributed by atoms with Gasteiger partial charge in [0, 0.05) is 19.4 Å². The minimum Gasteiger partial charge on any atom is -0.467 e. The first-order valence-corrected chi connectivity index (χ1v) is 10.9. The number of thiophene rings is 1. The lowest BCUT2D eigenvalue weighted by Crippen LogP contribution is -2.28. The monoisotopic (exact) mass is 415 g/mol. The van der Waals surface area contributed by atoms with Crippen molar-refractivity contribution >= 4 is 34.7 Å². The Kier molecular flexibility index (Phi) is 5.36. The average molecular weight is 416 g/mol. The van der Waals surface area contributed by atoms with Crippen LogP contribution >= 0.6 is 23.1 Å². The van der Waals surface area contributed by atoms with Crippen molar-refractivity contribution in [3.63, 3.8) is 0 Å². The van der Waals surface area contributed by atoms with Gasteiger partial charge in [-0.2, -0.15) is 5.10 Å². The molecule has 1 amide bonds. The van der Waals surface area contributed by atoms with Crippen LogP contribution in [0.4, 0.5) is 0 Å². The van der Waals surface area contributed by atoms with Gasteiger partial charge in [0.15, 0.2) is 5.16 Å². The molecule has 0 saturated heterocycles. The molecule has 0 bridgehead atoms. The molecule has 4 rings (SSSR count). The van der Waals surface area contributed by atoms with Crippen molar-refractivity contribution in [3.8, 4) is 0 Å². The van der Waals surface area contributed by atoms with E-state index >= 15 is 0 Å². The molecule has 3 aromatic rings. The molecule has 0 aliphatic carbocycles. The van der Waals surface area contributed by atoms with Crippen LogP contribution in [0.2, 0.25) is 0 Å². The molecule has 0 aromatic carbocycles. The van der Waals surface area contributed by atoms with Crippen LogP contribution in [0.5, 0.6) is 0 Å². The van der Waals surface area contributed by atoms with Gasteiger partial charge in [-0.3, -0.25) is 4.79 Å². The zero-order valence-corrected chi connectivity index (χ0v) is 17.5. The summed E-state index contributed by atoms with van der Waals surface area (Å²) in [5.74, 6) is 2.09. The van der Waals surface area contributed by atoms with E-state index in [2.05, 4.69) is 29.1 Å². The molecule has 1 atom stereocenters. The van der Waals surface area contributed by atoms with Gasteiger partial charge >= 0.3 is 0 Å². The van der Waals surface area contributed by atoms with E-state index in [1.807, 2.05) is 41.3 Å². The molecule has 0 saturated carbocycles. The lowest BCUT2D eigenvalue weighted by molar-refractivity contribution is -0.130. The zero-order chi connectivity index (χ0) is 19.7. The molecule has 1 unspecified atom stereocenters. The fourth-order valence-corrected chi connectivity index (χ4v) is 4.67. The summed E-state index contributed by atoms with van der Waals surface area (Å²) < 4.78 is 7.52. The largest absolute Gasteiger partial charge is 0.467 e. The van der Waals surface area contributed by atoms with Gasteiger partial charge in [-0.25, -0.2) is 5.01 Å². The highest BCUT2D eigenvalue weighted by atomic mass is 32.2. The molecule has 1 aliphatic rings. The summed E-state index contributed by atoms with van der Waals surface area (Å²) in [5, 5.41) is 17.4. The first-order valence-electron chi connectivity index (χ1n) is 9.03. The minimum atomic E-state index is -0.217. The molecule has 0 radical (unpaired) electrons. The molecule has 9 heteroatoms. The van der Waals surface area contributed by atoms with Gasteiger partial charge in [0.2, 0.25) is 0 Å². The predicted molar refractivity (Wildman–Crippen MR) is 110 cm³/mol. The Morgan fingerprint density at radius 3 is 2.86 bits per heavy atom. The highest BCUT2D eigenvalue weighted by Gasteiger charge is 2.35. The highest BCUT2D eigenvalue weighted by Crippen LogP contribution is 2.34. The van der Waals surface area contributed by atoms with Crippen LogP contribution < -0.4 is 0 Å². The fourth-order valence-electron chi connectivity index (χ4n) is 3.18. The van der Waals surface area contributed by atoms with E-state index in [0.29, 0.717) is 6.42 Å². The Hall–Kier alpha value is -2.39. The third-order valence-corrected chi connectivity index (χ3v) is 6.48. The van der Waals surface area contributed by atoms with E-state index in [0.717, 1.165) is 27.3 Å². The van der Waals surface area contributed by atoms with Gasteiger partial charge in [-0.15, -0.1) is 21.5 Å². The van der Waals surface area contributed by atoms with Crippen molar-refractivity contribution in [2.24, 2.45) is 12.1 Å². The number of hydrogen-bond donors (Lipinski definition) is 0. The zero-order valence-electron chi connectivity index (χ0n) is 15.9. The normalized spacial score (nSPS) is 16.8. The van der Waals surface area contributed by atoms with E-state index in [1.165, 1.54) is 11.8 Å². The van der Waals surface area contributed by atoms with E-state index in [9.17, 15) is 4.79 Å². The molecule has 1 aliphatic heterocycles. The van der Waals surface area contributed by atoms with Crippen molar-refractivity contribution in [2.45, 2.75) is 37.4 Å². The van der Waals surface area contributed by atoms with Crippen molar-refractivity contribution in [2.75, 3.05) is 5.75 Å². The Balaban J connectivity index is 1.52. The highest BCUT2D eigenvalue weighted by molar-refractivity contribution is 7.99. The second-order valence-electron chi connectivity index (χ2n) is 6.84. The van der Waals surface area contributed by atoms with Crippen LogP contribution in [-0.4, -0.2) is 37.1 Å². The fraction of sp³-hybridized carbons (Fsp3) is 0.368. The molecule has 0 fully saturated rings. The maximum absolute atomic E-state index is 13.0. The number of rotatable bonds is 6. The van der Waals surface area contributed by atoms with Crippen LogP contribution in [0.3, 0.4) is 0 Å². The summed E-state index contributed by atoms with van der Waals surface area (Å²) in [6, 6.07) is 7.53. The Labute approximate surface area is 171 Å². The molecule has 4 heterocycles. The molecule has 28 heavy (non-hydrogen) atoms. The first-order chi connectivity index (χ1) is 13.5. The van der Waals surface area contributed by atoms with Crippen LogP contribution in [0.15, 0.2) is 50.6 Å². The van der Waals surface area contributed by atoms with E-state index in [1.54, 1.807) is 22.6 Å². The number of nitrogens with zero attached hydrogens (tertiary/aromatic N) is 5. The van der Waals surface area contributed by atoms with Crippen molar-refractivity contribution in [3.05, 3.63) is 52.4 Å². The van der Waals surface area contributed by atoms with E-state index in [-0.39, 0.29) is 23.6 Å². The number of hydrazone groups is 1. The average Bonchev–Trinajstić information content (AvgIpc) is 3.45. The van der Waals surface area contributed by atoms with Crippen LogP contribution in [0.1, 0.15) is 48.7 Å². The van der Waals surface area contributed by atoms with E-state index in [4.69, 9.17) is 4.42 Å². The molecular weight excluding hydrogens is 394 g/mol. The summed E-state index contributed by atoms with van der Waals surface area (Å²) in [6.07, 6.45) is 2.27. The lowest BCUT2D eigenvalue weighted by Gasteiger charge is -2.19. The second-order valence-corrected chi connectivity index (χ2v) is 8.73. The second kappa shape index (κ2) is 7.92. The third kappa shape index (κ3) is 3.64. The molecule has 146 valence electrons. The molecule has 7 nitrogen and oxygen atoms in total. The van der Waals surface area contributed by atoms with Gasteiger partial charge in [0.05, 0.1) is 22.6 Å². The van der Waals surface area contributed by atoms with Gasteiger partial charge in [-0.05, 0) is 23.6 Å². The molecular formula is C19H21N5O2S2. The van der Waals surface area contributed by atoms with Gasteiger partial charge in [0.1, 0.15) is 17.6 Å². The van der Waals surface area contributed by atoms with Gasteiger partial charge in [0.25, 0.3) is 5.91 Å².